The Balaban J connectivity index is 1.68. The van der Waals surface area contributed by atoms with Crippen LogP contribution in [0.15, 0.2) is 60.3 Å². The Kier molecular flexibility index (Phi) is 7.36. The molecule has 198 valence electrons. The SMILES string of the molecule is COc1ccc2c(c1)C(C)(C)/C(=C/C=C/C1=[N+](C)c3ccc(Cl)cc3C1(C)C)N2CCCCS(=O)(=O)O. The molecule has 0 fully saturated rings. The van der Waals surface area contributed by atoms with Crippen molar-refractivity contribution in [1.29, 1.82) is 0 Å². The number of fused-ring (bicyclic) bond motifs is 2. The molecular weight excluding hydrogens is 508 g/mol. The van der Waals surface area contributed by atoms with E-state index < -0.39 is 10.1 Å². The maximum Gasteiger partial charge on any atom is 0.264 e. The number of methoxy groups -OCH3 is 1. The second kappa shape index (κ2) is 9.93. The van der Waals surface area contributed by atoms with Crippen LogP contribution in [0.2, 0.25) is 5.02 Å². The number of unbranched alkanes of at least 4 members (excludes halogenated alkanes) is 1. The minimum Gasteiger partial charge on any atom is -0.497 e. The first-order valence-corrected chi connectivity index (χ1v) is 14.5. The molecule has 37 heavy (non-hydrogen) atoms. The summed E-state index contributed by atoms with van der Waals surface area (Å²) in [7, 11) is -0.222. The van der Waals surface area contributed by atoms with Gasteiger partial charge in [0.05, 0.1) is 18.3 Å². The van der Waals surface area contributed by atoms with Crippen LogP contribution in [-0.2, 0) is 20.9 Å². The molecule has 2 aromatic carbocycles. The highest BCUT2D eigenvalue weighted by Crippen LogP contribution is 2.49. The van der Waals surface area contributed by atoms with Crippen LogP contribution >= 0.6 is 11.6 Å². The second-order valence-corrected chi connectivity index (χ2v) is 12.8. The van der Waals surface area contributed by atoms with E-state index in [1.807, 2.05) is 18.2 Å². The molecule has 0 bridgehead atoms. The summed E-state index contributed by atoms with van der Waals surface area (Å²) >= 11 is 6.31. The van der Waals surface area contributed by atoms with Crippen LogP contribution in [0.4, 0.5) is 11.4 Å². The number of hydrogen-bond acceptors (Lipinski definition) is 4. The van der Waals surface area contributed by atoms with E-state index in [2.05, 4.69) is 80.6 Å². The molecule has 0 radical (unpaired) electrons. The van der Waals surface area contributed by atoms with Crippen molar-refractivity contribution in [2.24, 2.45) is 0 Å². The zero-order valence-corrected chi connectivity index (χ0v) is 23.9. The zero-order valence-electron chi connectivity index (χ0n) is 22.4. The number of benzene rings is 2. The molecule has 2 aromatic rings. The van der Waals surface area contributed by atoms with Gasteiger partial charge in [0, 0.05) is 46.1 Å². The number of halogens is 1. The van der Waals surface area contributed by atoms with Gasteiger partial charge in [0.25, 0.3) is 10.1 Å². The molecule has 0 saturated carbocycles. The Bertz CT molecular complexity index is 1420. The van der Waals surface area contributed by atoms with Crippen molar-refractivity contribution in [3.63, 3.8) is 0 Å². The molecule has 2 aliphatic heterocycles. The molecule has 0 aromatic heterocycles. The van der Waals surface area contributed by atoms with Gasteiger partial charge in [-0.1, -0.05) is 31.5 Å². The fourth-order valence-corrected chi connectivity index (χ4v) is 6.36. The third kappa shape index (κ3) is 5.22. The van der Waals surface area contributed by atoms with Crippen molar-refractivity contribution in [1.82, 2.24) is 0 Å². The van der Waals surface area contributed by atoms with Crippen molar-refractivity contribution in [2.45, 2.75) is 51.4 Å². The summed E-state index contributed by atoms with van der Waals surface area (Å²) in [6, 6.07) is 12.1. The Hall–Kier alpha value is -2.61. The number of rotatable bonds is 8. The third-order valence-electron chi connectivity index (χ3n) is 7.64. The van der Waals surface area contributed by atoms with Crippen LogP contribution in [-0.4, -0.2) is 49.7 Å². The summed E-state index contributed by atoms with van der Waals surface area (Å²) in [6.45, 7) is 9.45. The summed E-state index contributed by atoms with van der Waals surface area (Å²) in [5, 5.41) is 0.734. The minimum atomic E-state index is -3.97. The van der Waals surface area contributed by atoms with E-state index in [0.717, 1.165) is 33.4 Å². The van der Waals surface area contributed by atoms with Gasteiger partial charge < -0.3 is 9.64 Å². The van der Waals surface area contributed by atoms with Crippen molar-refractivity contribution in [3.8, 4) is 5.75 Å². The highest BCUT2D eigenvalue weighted by Gasteiger charge is 2.43. The normalized spacial score (nSPS) is 19.1. The van der Waals surface area contributed by atoms with E-state index in [-0.39, 0.29) is 16.6 Å². The summed E-state index contributed by atoms with van der Waals surface area (Å²) in [5.41, 5.74) is 6.43. The van der Waals surface area contributed by atoms with Crippen LogP contribution in [0, 0.1) is 0 Å². The summed E-state index contributed by atoms with van der Waals surface area (Å²) in [5.74, 6) is 0.569. The molecule has 1 N–H and O–H groups in total. The van der Waals surface area contributed by atoms with Gasteiger partial charge in [-0.05, 0) is 68.7 Å². The van der Waals surface area contributed by atoms with E-state index in [1.54, 1.807) is 7.11 Å². The molecule has 0 spiro atoms. The van der Waals surface area contributed by atoms with E-state index in [0.29, 0.717) is 19.4 Å². The summed E-state index contributed by atoms with van der Waals surface area (Å²) in [4.78, 5) is 2.26. The summed E-state index contributed by atoms with van der Waals surface area (Å²) < 4.78 is 39.3. The average molecular weight is 544 g/mol. The van der Waals surface area contributed by atoms with Crippen molar-refractivity contribution in [2.75, 3.05) is 31.4 Å². The van der Waals surface area contributed by atoms with Crippen LogP contribution < -0.4 is 9.64 Å². The van der Waals surface area contributed by atoms with Gasteiger partial charge in [0.1, 0.15) is 12.8 Å². The van der Waals surface area contributed by atoms with Gasteiger partial charge in [-0.3, -0.25) is 4.55 Å². The number of allylic oxidation sites excluding steroid dienone is 4. The Morgan fingerprint density at radius 3 is 2.46 bits per heavy atom. The maximum atomic E-state index is 11.2. The van der Waals surface area contributed by atoms with Gasteiger partial charge in [-0.15, -0.1) is 0 Å². The highest BCUT2D eigenvalue weighted by atomic mass is 35.5. The smallest absolute Gasteiger partial charge is 0.264 e. The molecule has 6 nitrogen and oxygen atoms in total. The predicted octanol–water partition coefficient (Wildman–Crippen LogP) is 6.26. The maximum absolute atomic E-state index is 11.2. The Labute approximate surface area is 225 Å². The first-order valence-electron chi connectivity index (χ1n) is 12.5. The first kappa shape index (κ1) is 27.4. The fraction of sp³-hybridized carbons (Fsp3) is 0.414. The molecule has 8 heteroatoms. The summed E-state index contributed by atoms with van der Waals surface area (Å²) in [6.07, 6.45) is 7.44. The lowest BCUT2D eigenvalue weighted by Gasteiger charge is -2.27. The number of nitrogens with zero attached hydrogens (tertiary/aromatic N) is 2. The van der Waals surface area contributed by atoms with Crippen molar-refractivity contribution < 1.29 is 22.3 Å². The standard InChI is InChI=1S/C29H35ClN2O4S/c1-28(2)22-18-20(30)12-14-24(22)31(5)26(28)10-9-11-27-29(3,4)23-19-21(36-6)13-15-25(23)32(27)16-7-8-17-37(33,34)35/h9-15,18-19H,7-8,16-17H2,1-6H3/p+1. The molecule has 0 atom stereocenters. The topological polar surface area (TPSA) is 69.8 Å². The van der Waals surface area contributed by atoms with E-state index in [9.17, 15) is 8.42 Å². The van der Waals surface area contributed by atoms with Gasteiger partial charge in [0.15, 0.2) is 5.71 Å². The highest BCUT2D eigenvalue weighted by molar-refractivity contribution is 7.85. The van der Waals surface area contributed by atoms with Crippen LogP contribution in [0.5, 0.6) is 5.75 Å². The molecule has 2 heterocycles. The minimum absolute atomic E-state index is 0.193. The quantitative estimate of drug-likeness (QED) is 0.242. The van der Waals surface area contributed by atoms with Gasteiger partial charge in [-0.25, -0.2) is 0 Å². The molecule has 0 saturated heterocycles. The molecule has 0 amide bonds. The monoisotopic (exact) mass is 543 g/mol. The lowest BCUT2D eigenvalue weighted by Crippen LogP contribution is -2.28. The molecule has 4 rings (SSSR count). The Morgan fingerprint density at radius 1 is 1.05 bits per heavy atom. The van der Waals surface area contributed by atoms with E-state index >= 15 is 0 Å². The Morgan fingerprint density at radius 2 is 1.78 bits per heavy atom. The lowest BCUT2D eigenvalue weighted by molar-refractivity contribution is -0.401. The van der Waals surface area contributed by atoms with E-state index in [1.165, 1.54) is 11.3 Å². The van der Waals surface area contributed by atoms with Crippen LogP contribution in [0.25, 0.3) is 0 Å². The number of ether oxygens (including phenoxy) is 1. The van der Waals surface area contributed by atoms with E-state index in [4.69, 9.17) is 20.9 Å². The first-order chi connectivity index (χ1) is 17.3. The average Bonchev–Trinajstić information content (AvgIpc) is 3.14. The van der Waals surface area contributed by atoms with Crippen LogP contribution in [0.1, 0.15) is 51.7 Å². The lowest BCUT2D eigenvalue weighted by atomic mass is 9.81. The largest absolute Gasteiger partial charge is 0.497 e. The van der Waals surface area contributed by atoms with Gasteiger partial charge in [-0.2, -0.15) is 13.0 Å². The number of anilines is 1. The van der Waals surface area contributed by atoms with Crippen molar-refractivity contribution >= 4 is 38.8 Å². The van der Waals surface area contributed by atoms with Crippen molar-refractivity contribution in [3.05, 3.63) is 76.5 Å². The zero-order chi connectivity index (χ0) is 27.2. The molecule has 0 aliphatic carbocycles. The predicted molar refractivity (Wildman–Crippen MR) is 152 cm³/mol. The number of hydrogen-bond donors (Lipinski definition) is 1. The van der Waals surface area contributed by atoms with Gasteiger partial charge in [0.2, 0.25) is 5.69 Å². The second-order valence-electron chi connectivity index (χ2n) is 10.8. The molecular formula is C29H36ClN2O4S+. The van der Waals surface area contributed by atoms with Gasteiger partial charge >= 0.3 is 0 Å². The molecule has 0 unspecified atom stereocenters. The molecule has 2 aliphatic rings. The van der Waals surface area contributed by atoms with Crippen LogP contribution in [0.3, 0.4) is 0 Å². The fourth-order valence-electron chi connectivity index (χ4n) is 5.62. The third-order valence-corrected chi connectivity index (χ3v) is 8.68.